The van der Waals surface area contributed by atoms with Crippen LogP contribution in [-0.2, 0) is 25.2 Å². The van der Waals surface area contributed by atoms with Crippen molar-refractivity contribution < 1.29 is 13.2 Å². The third-order valence-electron chi connectivity index (χ3n) is 7.97. The third-order valence-corrected chi connectivity index (χ3v) is 7.97. The van der Waals surface area contributed by atoms with E-state index >= 15 is 0 Å². The molecule has 2 fully saturated rings. The van der Waals surface area contributed by atoms with Gasteiger partial charge in [-0.05, 0) is 80.9 Å². The highest BCUT2D eigenvalue weighted by Gasteiger charge is 2.48. The van der Waals surface area contributed by atoms with Crippen LogP contribution in [0.25, 0.3) is 11.1 Å². The molecule has 3 aromatic rings. The normalized spacial score (nSPS) is 23.6. The number of alkyl halides is 3. The van der Waals surface area contributed by atoms with E-state index in [0.29, 0.717) is 18.0 Å². The summed E-state index contributed by atoms with van der Waals surface area (Å²) in [6, 6.07) is 8.41. The molecule has 5 rings (SSSR count). The maximum atomic E-state index is 13.9. The van der Waals surface area contributed by atoms with E-state index in [-0.39, 0.29) is 22.5 Å². The summed E-state index contributed by atoms with van der Waals surface area (Å²) in [7, 11) is 3.94. The van der Waals surface area contributed by atoms with E-state index in [1.165, 1.54) is 4.57 Å². The van der Waals surface area contributed by atoms with Crippen LogP contribution in [0.1, 0.15) is 49.6 Å². The molecule has 0 amide bonds. The van der Waals surface area contributed by atoms with Gasteiger partial charge in [-0.25, -0.2) is 0 Å². The van der Waals surface area contributed by atoms with Crippen molar-refractivity contribution in [3.05, 3.63) is 70.2 Å². The topological polar surface area (TPSA) is 56.0 Å². The van der Waals surface area contributed by atoms with Gasteiger partial charge >= 0.3 is 6.18 Å². The van der Waals surface area contributed by atoms with E-state index in [0.717, 1.165) is 62.4 Å². The minimum absolute atomic E-state index is 0.0834. The third kappa shape index (κ3) is 4.49. The van der Waals surface area contributed by atoms with Crippen LogP contribution in [0.4, 0.5) is 13.2 Å². The van der Waals surface area contributed by atoms with Gasteiger partial charge in [0.1, 0.15) is 12.2 Å². The van der Waals surface area contributed by atoms with E-state index in [4.69, 9.17) is 0 Å². The predicted molar refractivity (Wildman–Crippen MR) is 132 cm³/mol. The maximum absolute atomic E-state index is 13.9. The summed E-state index contributed by atoms with van der Waals surface area (Å²) >= 11 is 0. The van der Waals surface area contributed by atoms with Crippen molar-refractivity contribution in [1.82, 2.24) is 24.2 Å². The molecule has 0 bridgehead atoms. The Balaban J connectivity index is 1.57. The molecule has 2 aromatic heterocycles. The van der Waals surface area contributed by atoms with Crippen LogP contribution in [0.15, 0.2) is 47.7 Å². The number of benzene rings is 1. The second-order valence-corrected chi connectivity index (χ2v) is 10.8. The Morgan fingerprint density at radius 1 is 1.11 bits per heavy atom. The molecule has 0 N–H and O–H groups in total. The van der Waals surface area contributed by atoms with Gasteiger partial charge in [0.05, 0.1) is 11.0 Å². The Morgan fingerprint density at radius 2 is 1.83 bits per heavy atom. The zero-order valence-corrected chi connectivity index (χ0v) is 20.9. The quantitative estimate of drug-likeness (QED) is 0.510. The number of rotatable bonds is 5. The zero-order chi connectivity index (χ0) is 25.7. The van der Waals surface area contributed by atoms with Crippen molar-refractivity contribution in [2.75, 3.05) is 20.1 Å². The summed E-state index contributed by atoms with van der Waals surface area (Å²) in [5.74, 6) is 1.50. The number of aryl methyl sites for hydroxylation is 1. The van der Waals surface area contributed by atoms with Crippen molar-refractivity contribution in [1.29, 1.82) is 0 Å². The largest absolute Gasteiger partial charge is 0.417 e. The van der Waals surface area contributed by atoms with Gasteiger partial charge in [0.2, 0.25) is 0 Å². The van der Waals surface area contributed by atoms with E-state index in [1.54, 1.807) is 12.4 Å². The average molecular weight is 500 g/mol. The van der Waals surface area contributed by atoms with Gasteiger partial charge in [0, 0.05) is 25.4 Å². The van der Waals surface area contributed by atoms with Gasteiger partial charge in [-0.1, -0.05) is 25.1 Å². The van der Waals surface area contributed by atoms with Crippen molar-refractivity contribution in [2.24, 2.45) is 18.9 Å². The SMILES string of the molecule is CC1CC(c2cccc(-c3cc(C(F)(F)F)cn(CC4CCN(C)CC4)c3=O)c2)(c2nncn2C)C1. The lowest BCUT2D eigenvalue weighted by Gasteiger charge is -2.46. The fourth-order valence-corrected chi connectivity index (χ4v) is 6.03. The average Bonchev–Trinajstić information content (AvgIpc) is 3.25. The van der Waals surface area contributed by atoms with Crippen molar-refractivity contribution >= 4 is 0 Å². The molecule has 1 saturated heterocycles. The monoisotopic (exact) mass is 499 g/mol. The Hall–Kier alpha value is -2.94. The van der Waals surface area contributed by atoms with E-state index in [1.807, 2.05) is 36.9 Å². The first-order valence-electron chi connectivity index (χ1n) is 12.5. The molecule has 1 aliphatic carbocycles. The minimum Gasteiger partial charge on any atom is -0.320 e. The lowest BCUT2D eigenvalue weighted by Crippen LogP contribution is -2.43. The van der Waals surface area contributed by atoms with Crippen LogP contribution in [0.2, 0.25) is 0 Å². The van der Waals surface area contributed by atoms with Crippen LogP contribution in [0, 0.1) is 11.8 Å². The fourth-order valence-electron chi connectivity index (χ4n) is 6.03. The van der Waals surface area contributed by atoms with Gasteiger partial charge in [0.25, 0.3) is 5.56 Å². The highest BCUT2D eigenvalue weighted by Crippen LogP contribution is 2.51. The summed E-state index contributed by atoms with van der Waals surface area (Å²) in [5.41, 5.74) is -0.00518. The van der Waals surface area contributed by atoms with Crippen LogP contribution in [-0.4, -0.2) is 44.4 Å². The number of aromatic nitrogens is 4. The zero-order valence-electron chi connectivity index (χ0n) is 20.9. The standard InChI is InChI=1S/C27H32F3N5O/c1-18-13-26(14-18,25-32-31-17-34(25)3)21-6-4-5-20(11-21)23-12-22(27(28,29)30)16-35(24(23)36)15-19-7-9-33(2)10-8-19/h4-6,11-12,16-19H,7-10,13-15H2,1-3H3. The molecular weight excluding hydrogens is 467 g/mol. The van der Waals surface area contributed by atoms with E-state index in [9.17, 15) is 18.0 Å². The van der Waals surface area contributed by atoms with Crippen molar-refractivity contribution in [3.63, 3.8) is 0 Å². The first-order valence-corrected chi connectivity index (χ1v) is 12.5. The van der Waals surface area contributed by atoms with E-state index in [2.05, 4.69) is 22.0 Å². The molecule has 2 aliphatic rings. The molecule has 1 aliphatic heterocycles. The van der Waals surface area contributed by atoms with Gasteiger partial charge < -0.3 is 14.0 Å². The summed E-state index contributed by atoms with van der Waals surface area (Å²) in [4.78, 5) is 15.7. The highest BCUT2D eigenvalue weighted by atomic mass is 19.4. The lowest BCUT2D eigenvalue weighted by molar-refractivity contribution is -0.138. The van der Waals surface area contributed by atoms with Crippen LogP contribution >= 0.6 is 0 Å². The smallest absolute Gasteiger partial charge is 0.320 e. The van der Waals surface area contributed by atoms with Crippen LogP contribution in [0.3, 0.4) is 0 Å². The number of pyridine rings is 1. The Labute approximate surface area is 208 Å². The number of hydrogen-bond donors (Lipinski definition) is 0. The number of hydrogen-bond acceptors (Lipinski definition) is 4. The lowest BCUT2D eigenvalue weighted by atomic mass is 9.58. The molecule has 6 nitrogen and oxygen atoms in total. The second-order valence-electron chi connectivity index (χ2n) is 10.8. The second kappa shape index (κ2) is 9.18. The number of halogens is 3. The molecule has 1 saturated carbocycles. The van der Waals surface area contributed by atoms with Crippen LogP contribution < -0.4 is 5.56 Å². The van der Waals surface area contributed by atoms with Crippen molar-refractivity contribution in [3.8, 4) is 11.1 Å². The van der Waals surface area contributed by atoms with Gasteiger partial charge in [0.15, 0.2) is 0 Å². The summed E-state index contributed by atoms with van der Waals surface area (Å²) in [5, 5.41) is 8.42. The summed E-state index contributed by atoms with van der Waals surface area (Å²) in [6.07, 6.45) is 1.57. The molecule has 9 heteroatoms. The Morgan fingerprint density at radius 3 is 2.44 bits per heavy atom. The predicted octanol–water partition coefficient (Wildman–Crippen LogP) is 4.72. The summed E-state index contributed by atoms with van der Waals surface area (Å²) < 4.78 is 44.9. The molecule has 3 heterocycles. The Bertz CT molecular complexity index is 1300. The first kappa shape index (κ1) is 24.7. The highest BCUT2D eigenvalue weighted by molar-refractivity contribution is 5.65. The summed E-state index contributed by atoms with van der Waals surface area (Å²) in [6.45, 7) is 4.24. The Kier molecular flexibility index (Phi) is 6.31. The minimum atomic E-state index is -4.54. The van der Waals surface area contributed by atoms with Crippen LogP contribution in [0.5, 0.6) is 0 Å². The number of likely N-dealkylation sites (tertiary alicyclic amines) is 1. The van der Waals surface area contributed by atoms with Gasteiger partial charge in [-0.2, -0.15) is 13.2 Å². The number of nitrogens with zero attached hydrogens (tertiary/aromatic N) is 5. The molecule has 0 atom stereocenters. The molecule has 192 valence electrons. The van der Waals surface area contributed by atoms with Gasteiger partial charge in [-0.3, -0.25) is 4.79 Å². The molecule has 0 unspecified atom stereocenters. The molecule has 0 radical (unpaired) electrons. The first-order chi connectivity index (χ1) is 17.1. The number of piperidine rings is 1. The molecular formula is C27H32F3N5O. The van der Waals surface area contributed by atoms with Crippen molar-refractivity contribution in [2.45, 2.75) is 50.7 Å². The van der Waals surface area contributed by atoms with Gasteiger partial charge in [-0.15, -0.1) is 10.2 Å². The molecule has 1 aromatic carbocycles. The fraction of sp³-hybridized carbons (Fsp3) is 0.519. The maximum Gasteiger partial charge on any atom is 0.417 e. The van der Waals surface area contributed by atoms with E-state index < -0.39 is 11.7 Å². The molecule has 0 spiro atoms. The molecule has 36 heavy (non-hydrogen) atoms.